The van der Waals surface area contributed by atoms with Crippen molar-refractivity contribution in [2.24, 2.45) is 5.73 Å². The molecule has 0 radical (unpaired) electrons. The molecule has 0 saturated carbocycles. The zero-order valence-corrected chi connectivity index (χ0v) is 10.9. The molecule has 3 N–H and O–H groups in total. The second kappa shape index (κ2) is 6.40. The van der Waals surface area contributed by atoms with Crippen LogP contribution in [0.15, 0.2) is 24.3 Å². The van der Waals surface area contributed by atoms with Gasteiger partial charge >= 0.3 is 0 Å². The molecule has 94 valence electrons. The van der Waals surface area contributed by atoms with E-state index in [-0.39, 0.29) is 18.0 Å². The molecule has 0 fully saturated rings. The van der Waals surface area contributed by atoms with Crippen LogP contribution >= 0.6 is 0 Å². The summed E-state index contributed by atoms with van der Waals surface area (Å²) in [6, 6.07) is 8.34. The number of carbonyl (C=O) groups is 1. The number of amides is 1. The third-order valence-electron chi connectivity index (χ3n) is 2.78. The van der Waals surface area contributed by atoms with E-state index >= 15 is 0 Å². The van der Waals surface area contributed by atoms with Crippen molar-refractivity contribution in [2.75, 3.05) is 0 Å². The van der Waals surface area contributed by atoms with Gasteiger partial charge in [-0.1, -0.05) is 29.8 Å². The Bertz CT molecular complexity index is 357. The van der Waals surface area contributed by atoms with Gasteiger partial charge in [0.05, 0.1) is 6.04 Å². The van der Waals surface area contributed by atoms with Crippen molar-refractivity contribution in [3.05, 3.63) is 35.4 Å². The van der Waals surface area contributed by atoms with Crippen molar-refractivity contribution < 1.29 is 4.79 Å². The lowest BCUT2D eigenvalue weighted by atomic mass is 10.1. The summed E-state index contributed by atoms with van der Waals surface area (Å²) in [6.07, 6.45) is 1.22. The van der Waals surface area contributed by atoms with E-state index in [0.29, 0.717) is 6.42 Å². The lowest BCUT2D eigenvalue weighted by molar-refractivity contribution is -0.121. The SMILES string of the molecule is Cc1ccc([C@H](C)NC(=O)CCC(C)N)cc1. The standard InChI is InChI=1S/C14H22N2O/c1-10-4-7-13(8-5-10)12(3)16-14(17)9-6-11(2)15/h4-5,7-8,11-12H,6,9,15H2,1-3H3,(H,16,17)/t11?,12-/m0/s1. The summed E-state index contributed by atoms with van der Waals surface area (Å²) in [7, 11) is 0. The summed E-state index contributed by atoms with van der Waals surface area (Å²) in [4.78, 5) is 11.6. The third kappa shape index (κ3) is 5.00. The molecule has 0 aliphatic carbocycles. The molecule has 0 aliphatic heterocycles. The van der Waals surface area contributed by atoms with E-state index in [9.17, 15) is 4.79 Å². The minimum Gasteiger partial charge on any atom is -0.350 e. The molecular weight excluding hydrogens is 212 g/mol. The molecule has 0 saturated heterocycles. The first-order valence-corrected chi connectivity index (χ1v) is 6.10. The van der Waals surface area contributed by atoms with E-state index in [1.165, 1.54) is 5.56 Å². The lowest BCUT2D eigenvalue weighted by Gasteiger charge is -2.15. The lowest BCUT2D eigenvalue weighted by Crippen LogP contribution is -2.28. The van der Waals surface area contributed by atoms with Gasteiger partial charge in [0.25, 0.3) is 0 Å². The number of rotatable bonds is 5. The molecule has 1 amide bonds. The van der Waals surface area contributed by atoms with E-state index < -0.39 is 0 Å². The summed E-state index contributed by atoms with van der Waals surface area (Å²) >= 11 is 0. The van der Waals surface area contributed by atoms with E-state index in [2.05, 4.69) is 24.4 Å². The van der Waals surface area contributed by atoms with Gasteiger partial charge in [0.2, 0.25) is 5.91 Å². The van der Waals surface area contributed by atoms with Gasteiger partial charge < -0.3 is 11.1 Å². The minimum absolute atomic E-state index is 0.0520. The number of hydrogen-bond donors (Lipinski definition) is 2. The highest BCUT2D eigenvalue weighted by molar-refractivity contribution is 5.76. The molecular formula is C14H22N2O. The Morgan fingerprint density at radius 2 is 1.88 bits per heavy atom. The average molecular weight is 234 g/mol. The first-order chi connectivity index (χ1) is 7.99. The van der Waals surface area contributed by atoms with Gasteiger partial charge in [-0.2, -0.15) is 0 Å². The molecule has 17 heavy (non-hydrogen) atoms. The Labute approximate surface area is 103 Å². The van der Waals surface area contributed by atoms with Gasteiger partial charge in [-0.25, -0.2) is 0 Å². The topological polar surface area (TPSA) is 55.1 Å². The van der Waals surface area contributed by atoms with Gasteiger partial charge in [-0.15, -0.1) is 0 Å². The van der Waals surface area contributed by atoms with Gasteiger partial charge in [-0.3, -0.25) is 4.79 Å². The average Bonchev–Trinajstić information content (AvgIpc) is 2.27. The highest BCUT2D eigenvalue weighted by Crippen LogP contribution is 2.13. The van der Waals surface area contributed by atoms with Crippen molar-refractivity contribution in [3.63, 3.8) is 0 Å². The number of benzene rings is 1. The van der Waals surface area contributed by atoms with Crippen LogP contribution in [0.5, 0.6) is 0 Å². The zero-order valence-electron chi connectivity index (χ0n) is 10.9. The first-order valence-electron chi connectivity index (χ1n) is 6.10. The molecule has 1 aromatic carbocycles. The van der Waals surface area contributed by atoms with Gasteiger partial charge in [0, 0.05) is 12.5 Å². The Morgan fingerprint density at radius 3 is 2.41 bits per heavy atom. The Kier molecular flexibility index (Phi) is 5.16. The number of nitrogens with two attached hydrogens (primary N) is 1. The maximum Gasteiger partial charge on any atom is 0.220 e. The molecule has 0 aliphatic rings. The Hall–Kier alpha value is -1.35. The van der Waals surface area contributed by atoms with E-state index in [1.807, 2.05) is 26.0 Å². The van der Waals surface area contributed by atoms with Crippen molar-refractivity contribution in [1.29, 1.82) is 0 Å². The van der Waals surface area contributed by atoms with Crippen LogP contribution < -0.4 is 11.1 Å². The minimum atomic E-state index is 0.0520. The molecule has 2 atom stereocenters. The summed E-state index contributed by atoms with van der Waals surface area (Å²) < 4.78 is 0. The molecule has 0 aromatic heterocycles. The monoisotopic (exact) mass is 234 g/mol. The number of hydrogen-bond acceptors (Lipinski definition) is 2. The highest BCUT2D eigenvalue weighted by Gasteiger charge is 2.09. The van der Waals surface area contributed by atoms with Crippen LogP contribution in [0.4, 0.5) is 0 Å². The normalized spacial score (nSPS) is 14.1. The van der Waals surface area contributed by atoms with Crippen LogP contribution in [0.1, 0.15) is 43.9 Å². The molecule has 1 unspecified atom stereocenters. The zero-order chi connectivity index (χ0) is 12.8. The molecule has 0 spiro atoms. The Morgan fingerprint density at radius 1 is 1.29 bits per heavy atom. The van der Waals surface area contributed by atoms with Crippen LogP contribution in [-0.2, 0) is 4.79 Å². The predicted molar refractivity (Wildman–Crippen MR) is 70.6 cm³/mol. The quantitative estimate of drug-likeness (QED) is 0.821. The number of carbonyl (C=O) groups excluding carboxylic acids is 1. The Balaban J connectivity index is 2.46. The predicted octanol–water partition coefficient (Wildman–Crippen LogP) is 2.30. The van der Waals surface area contributed by atoms with Crippen molar-refractivity contribution in [1.82, 2.24) is 5.32 Å². The molecule has 1 rings (SSSR count). The summed E-state index contributed by atoms with van der Waals surface area (Å²) in [5, 5.41) is 2.98. The molecule has 3 nitrogen and oxygen atoms in total. The second-order valence-corrected chi connectivity index (χ2v) is 4.72. The third-order valence-corrected chi connectivity index (χ3v) is 2.78. The molecule has 3 heteroatoms. The number of nitrogens with one attached hydrogen (secondary N) is 1. The molecule has 0 heterocycles. The van der Waals surface area contributed by atoms with Crippen LogP contribution in [0.25, 0.3) is 0 Å². The van der Waals surface area contributed by atoms with Crippen LogP contribution in [0, 0.1) is 6.92 Å². The highest BCUT2D eigenvalue weighted by atomic mass is 16.1. The van der Waals surface area contributed by atoms with Crippen LogP contribution in [0.3, 0.4) is 0 Å². The molecule has 1 aromatic rings. The van der Waals surface area contributed by atoms with E-state index in [4.69, 9.17) is 5.73 Å². The summed E-state index contributed by atoms with van der Waals surface area (Å²) in [5.74, 6) is 0.0652. The van der Waals surface area contributed by atoms with Crippen LogP contribution in [0.2, 0.25) is 0 Å². The van der Waals surface area contributed by atoms with Gasteiger partial charge in [0.1, 0.15) is 0 Å². The van der Waals surface area contributed by atoms with Crippen molar-refractivity contribution in [2.45, 2.75) is 45.7 Å². The summed E-state index contributed by atoms with van der Waals surface area (Å²) in [6.45, 7) is 5.96. The van der Waals surface area contributed by atoms with E-state index in [0.717, 1.165) is 12.0 Å². The number of aryl methyl sites for hydroxylation is 1. The maximum absolute atomic E-state index is 11.6. The fourth-order valence-electron chi connectivity index (χ4n) is 1.61. The second-order valence-electron chi connectivity index (χ2n) is 4.72. The first kappa shape index (κ1) is 13.7. The molecule has 0 bridgehead atoms. The fourth-order valence-corrected chi connectivity index (χ4v) is 1.61. The van der Waals surface area contributed by atoms with E-state index in [1.54, 1.807) is 0 Å². The maximum atomic E-state index is 11.6. The van der Waals surface area contributed by atoms with Crippen LogP contribution in [-0.4, -0.2) is 11.9 Å². The fraction of sp³-hybridized carbons (Fsp3) is 0.500. The largest absolute Gasteiger partial charge is 0.350 e. The summed E-state index contributed by atoms with van der Waals surface area (Å²) in [5.41, 5.74) is 7.97. The van der Waals surface area contributed by atoms with Gasteiger partial charge in [0.15, 0.2) is 0 Å². The smallest absolute Gasteiger partial charge is 0.220 e. The van der Waals surface area contributed by atoms with Crippen molar-refractivity contribution in [3.8, 4) is 0 Å². The van der Waals surface area contributed by atoms with Crippen molar-refractivity contribution >= 4 is 5.91 Å². The van der Waals surface area contributed by atoms with Gasteiger partial charge in [-0.05, 0) is 32.8 Å².